The van der Waals surface area contributed by atoms with Crippen molar-refractivity contribution < 1.29 is 0 Å². The van der Waals surface area contributed by atoms with E-state index in [-0.39, 0.29) is 0 Å². The number of aromatic nitrogens is 2. The zero-order valence-electron chi connectivity index (χ0n) is 74.9. The second-order valence-corrected chi connectivity index (χ2v) is 39.5. The van der Waals surface area contributed by atoms with Crippen molar-refractivity contribution in [3.63, 3.8) is 0 Å². The molecule has 7 heteroatoms. The molecule has 0 unspecified atom stereocenters. The molecule has 0 bridgehead atoms. The van der Waals surface area contributed by atoms with E-state index in [0.29, 0.717) is 0 Å². The van der Waals surface area contributed by atoms with Gasteiger partial charge in [0, 0.05) is 138 Å². The summed E-state index contributed by atoms with van der Waals surface area (Å²) in [5.41, 5.74) is 36.0. The van der Waals surface area contributed by atoms with E-state index in [1.54, 1.807) is 0 Å². The van der Waals surface area contributed by atoms with Gasteiger partial charge in [0.2, 0.25) is 0 Å². The van der Waals surface area contributed by atoms with Crippen molar-refractivity contribution in [2.24, 2.45) is 0 Å². The largest absolute Gasteiger partial charge is 0.310 e. The van der Waals surface area contributed by atoms with Crippen LogP contribution in [0.1, 0.15) is 22.3 Å². The average Bonchev–Trinajstić information content (AvgIpc) is 1.51. The van der Waals surface area contributed by atoms with E-state index < -0.39 is 5.41 Å². The molecular formula is C131H82N4S3. The van der Waals surface area contributed by atoms with Crippen molar-refractivity contribution in [1.29, 1.82) is 0 Å². The third-order valence-corrected chi connectivity index (χ3v) is 32.5. The van der Waals surface area contributed by atoms with E-state index in [0.717, 1.165) is 34.1 Å². The van der Waals surface area contributed by atoms with Gasteiger partial charge >= 0.3 is 0 Å². The number of nitrogens with zero attached hydrogens (tertiary/aromatic N) is 4. The number of para-hydroxylation sites is 2. The van der Waals surface area contributed by atoms with Crippen LogP contribution in [0.25, 0.3) is 204 Å². The lowest BCUT2D eigenvalue weighted by atomic mass is 9.70. The Kier molecular flexibility index (Phi) is 18.5. The van der Waals surface area contributed by atoms with Crippen LogP contribution < -0.4 is 9.80 Å². The number of hydrogen-bond acceptors (Lipinski definition) is 5. The van der Waals surface area contributed by atoms with E-state index in [1.807, 2.05) is 34.0 Å². The zero-order chi connectivity index (χ0) is 90.6. The maximum absolute atomic E-state index is 2.54. The predicted molar refractivity (Wildman–Crippen MR) is 591 cm³/mol. The number of rotatable bonds is 13. The quantitative estimate of drug-likeness (QED) is 0.114. The van der Waals surface area contributed by atoms with Gasteiger partial charge in [-0.05, 0) is 234 Å². The van der Waals surface area contributed by atoms with Crippen molar-refractivity contribution in [1.82, 2.24) is 9.13 Å². The SMILES string of the molecule is c1ccc(-c2ccc(N(c3ccc(-c4ccccc4)cc3)c3cccc(-c4cc5c6ccccc6n(-c6ccc7sc8ccccc8c7c6)c5c5c4sc4ccccc45)c3)cc2)cc1.c1ccc(-c2ccc(N(c3cccc(-c4cc5c6ccccc6n(-c6cccc7ccccc67)c5c5c4sc4ccccc45)c3)c3ccc4c(c3)C3(c5ccccc5-c5ccccc53)c3ccccc3-4)cc2)cc1. The molecule has 22 aromatic carbocycles. The van der Waals surface area contributed by atoms with Crippen LogP contribution in [0, 0.1) is 0 Å². The summed E-state index contributed by atoms with van der Waals surface area (Å²) < 4.78 is 12.8. The molecule has 5 heterocycles. The van der Waals surface area contributed by atoms with Gasteiger partial charge in [-0.15, -0.1) is 34.0 Å². The maximum Gasteiger partial charge on any atom is 0.0726 e. The predicted octanol–water partition coefficient (Wildman–Crippen LogP) is 37.4. The lowest BCUT2D eigenvalue weighted by Crippen LogP contribution is -2.26. The molecular weight excluding hydrogens is 1730 g/mol. The molecule has 0 saturated carbocycles. The fourth-order valence-electron chi connectivity index (χ4n) is 22.9. The van der Waals surface area contributed by atoms with Crippen LogP contribution in [0.4, 0.5) is 34.1 Å². The standard InChI is InChI=1S/C71H44N2S.C60H38N2S2/c1-2-18-45(19-3-1)46-36-38-49(39-37-46)72(51-40-41-56-55-27-8-13-32-63(55)71(64(56)43-51)61-30-11-6-25-53(61)54-26-7-12-31-62(54)71)50-23-16-22-48(42-50)59-44-60-57-28-9-14-33-66(57)73(65-34-17-21-47-20-4-5-24-52(47)65)69(60)68-58-29-10-15-35-67(58)74-70(59)68;1-3-14-39(15-4-1)41-26-30-44(31-27-41)61(45-32-28-42(29-33-45)40-16-5-2-6-17-40)46-19-13-18-43(36-46)51-38-53-48-20-7-10-23-54(48)62(59(53)58-50-22-9-12-25-56(50)64-60(51)58)47-34-35-57-52(37-47)49-21-8-11-24-55(49)63-57/h1-44H;1-38H. The first-order valence-electron chi connectivity index (χ1n) is 47.3. The van der Waals surface area contributed by atoms with E-state index in [4.69, 9.17) is 0 Å². The van der Waals surface area contributed by atoms with E-state index in [1.165, 1.54) is 226 Å². The number of thiophene rings is 3. The minimum atomic E-state index is -0.465. The van der Waals surface area contributed by atoms with Crippen LogP contribution in [-0.2, 0) is 5.41 Å². The number of hydrogen-bond donors (Lipinski definition) is 0. The van der Waals surface area contributed by atoms with Crippen molar-refractivity contribution >= 4 is 183 Å². The highest BCUT2D eigenvalue weighted by Crippen LogP contribution is 2.64. The van der Waals surface area contributed by atoms with Crippen molar-refractivity contribution in [2.45, 2.75) is 5.41 Å². The Morgan fingerprint density at radius 1 is 0.188 bits per heavy atom. The molecule has 2 aliphatic rings. The molecule has 0 aliphatic heterocycles. The summed E-state index contributed by atoms with van der Waals surface area (Å²) >= 11 is 5.67. The van der Waals surface area contributed by atoms with Crippen LogP contribution in [-0.4, -0.2) is 9.13 Å². The molecule has 0 N–H and O–H groups in total. The highest BCUT2D eigenvalue weighted by molar-refractivity contribution is 7.27. The van der Waals surface area contributed by atoms with E-state index >= 15 is 0 Å². The van der Waals surface area contributed by atoms with Crippen molar-refractivity contribution in [2.75, 3.05) is 9.80 Å². The minimum absolute atomic E-state index is 0.465. The first-order valence-corrected chi connectivity index (χ1v) is 49.8. The molecule has 0 amide bonds. The normalized spacial score (nSPS) is 12.4. The summed E-state index contributed by atoms with van der Waals surface area (Å²) in [4.78, 5) is 4.87. The second kappa shape index (κ2) is 32.1. The monoisotopic (exact) mass is 1810 g/mol. The first kappa shape index (κ1) is 79.5. The zero-order valence-corrected chi connectivity index (χ0v) is 77.3. The molecule has 29 rings (SSSR count). The Morgan fingerprint density at radius 3 is 1.05 bits per heavy atom. The van der Waals surface area contributed by atoms with Crippen LogP contribution in [0.5, 0.6) is 0 Å². The van der Waals surface area contributed by atoms with Crippen molar-refractivity contribution in [3.05, 3.63) is 520 Å². The van der Waals surface area contributed by atoms with E-state index in [9.17, 15) is 0 Å². The van der Waals surface area contributed by atoms with Gasteiger partial charge in [-0.3, -0.25) is 0 Å². The Hall–Kier alpha value is -17.0. The lowest BCUT2D eigenvalue weighted by Gasteiger charge is -2.32. The summed E-state index contributed by atoms with van der Waals surface area (Å²) in [7, 11) is 0. The second-order valence-electron chi connectivity index (χ2n) is 36.4. The molecule has 644 valence electrons. The fraction of sp³-hybridized carbons (Fsp3) is 0.00763. The molecule has 5 aromatic heterocycles. The smallest absolute Gasteiger partial charge is 0.0726 e. The molecule has 0 saturated heterocycles. The lowest BCUT2D eigenvalue weighted by molar-refractivity contribution is 0.793. The summed E-state index contributed by atoms with van der Waals surface area (Å²) in [6.07, 6.45) is 0. The Bertz CT molecular complexity index is 9440. The van der Waals surface area contributed by atoms with Crippen LogP contribution >= 0.6 is 34.0 Å². The third-order valence-electron chi connectivity index (χ3n) is 29.0. The summed E-state index contributed by atoms with van der Waals surface area (Å²) in [6.45, 7) is 0. The highest BCUT2D eigenvalue weighted by Gasteiger charge is 2.52. The topological polar surface area (TPSA) is 16.3 Å². The highest BCUT2D eigenvalue weighted by atomic mass is 32.1. The van der Waals surface area contributed by atoms with Crippen LogP contribution in [0.3, 0.4) is 0 Å². The van der Waals surface area contributed by atoms with Gasteiger partial charge in [-0.25, -0.2) is 0 Å². The fourth-order valence-corrected chi connectivity index (χ4v) is 26.5. The van der Waals surface area contributed by atoms with Gasteiger partial charge in [0.25, 0.3) is 0 Å². The number of anilines is 6. The average molecular weight is 1810 g/mol. The molecule has 0 fully saturated rings. The minimum Gasteiger partial charge on any atom is -0.310 e. The molecule has 0 radical (unpaired) electrons. The molecule has 0 atom stereocenters. The Labute approximate surface area is 809 Å². The number of benzene rings is 22. The van der Waals surface area contributed by atoms with Gasteiger partial charge in [0.05, 0.1) is 33.2 Å². The van der Waals surface area contributed by atoms with Gasteiger partial charge < -0.3 is 18.9 Å². The van der Waals surface area contributed by atoms with Gasteiger partial charge in [-0.1, -0.05) is 358 Å². The molecule has 138 heavy (non-hydrogen) atoms. The molecule has 27 aromatic rings. The molecule has 4 nitrogen and oxygen atoms in total. The number of fused-ring (bicyclic) bond motifs is 28. The van der Waals surface area contributed by atoms with Gasteiger partial charge in [0.1, 0.15) is 0 Å². The summed E-state index contributed by atoms with van der Waals surface area (Å²) in [6, 6.07) is 184. The molecule has 2 aliphatic carbocycles. The van der Waals surface area contributed by atoms with Gasteiger partial charge in [-0.2, -0.15) is 0 Å². The Balaban J connectivity index is 0.000000138. The first-order chi connectivity index (χ1) is 68.4. The van der Waals surface area contributed by atoms with Crippen LogP contribution in [0.15, 0.2) is 497 Å². The van der Waals surface area contributed by atoms with Gasteiger partial charge in [0.15, 0.2) is 0 Å². The third kappa shape index (κ3) is 12.5. The molecule has 1 spiro atoms. The van der Waals surface area contributed by atoms with Crippen LogP contribution in [0.2, 0.25) is 0 Å². The van der Waals surface area contributed by atoms with E-state index in [2.05, 4.69) is 516 Å². The Morgan fingerprint density at radius 2 is 0.543 bits per heavy atom. The summed E-state index contributed by atoms with van der Waals surface area (Å²) in [5, 5.41) is 15.2. The summed E-state index contributed by atoms with van der Waals surface area (Å²) in [5.74, 6) is 0. The van der Waals surface area contributed by atoms with Crippen molar-refractivity contribution in [3.8, 4) is 89.3 Å². The maximum atomic E-state index is 2.54.